The van der Waals surface area contributed by atoms with Gasteiger partial charge in [-0.05, 0) is 44.7 Å². The van der Waals surface area contributed by atoms with E-state index in [1.165, 1.54) is 16.2 Å². The van der Waals surface area contributed by atoms with Gasteiger partial charge < -0.3 is 20.3 Å². The van der Waals surface area contributed by atoms with Crippen LogP contribution in [0.1, 0.15) is 65.9 Å². The number of hydrogen-bond donors (Lipinski definition) is 2. The SMILES string of the molecule is CC(c1[nH]ncc1Cl)N(C)c1nc(OC[C@@]23CCCN2C[C@H](F)C3)nc(N2CC3(CCc4sc(N)c(C#N)c43)C2)c1C#N. The number of alkyl halides is 1. The fourth-order valence-corrected chi connectivity index (χ4v) is 9.03. The second kappa shape index (κ2) is 10.2. The van der Waals surface area contributed by atoms with E-state index in [9.17, 15) is 14.9 Å². The molecule has 3 N–H and O–H groups in total. The first-order valence-corrected chi connectivity index (χ1v) is 15.7. The number of nitrogens with one attached hydrogen (secondary N) is 1. The molecule has 1 aliphatic carbocycles. The smallest absolute Gasteiger partial charge is 0.320 e. The fraction of sp³-hybridized carbons (Fsp3) is 0.552. The molecular weight excluding hydrogens is 591 g/mol. The van der Waals surface area contributed by atoms with Crippen molar-refractivity contribution in [3.05, 3.63) is 38.5 Å². The number of thiophene rings is 1. The van der Waals surface area contributed by atoms with Crippen molar-refractivity contribution in [1.29, 1.82) is 10.5 Å². The molecule has 43 heavy (non-hydrogen) atoms. The molecule has 11 nitrogen and oxygen atoms in total. The predicted molar refractivity (Wildman–Crippen MR) is 161 cm³/mol. The molecule has 3 fully saturated rings. The molecule has 0 amide bonds. The van der Waals surface area contributed by atoms with Crippen LogP contribution in [0.2, 0.25) is 5.02 Å². The first-order valence-electron chi connectivity index (χ1n) is 14.5. The number of rotatable bonds is 7. The summed E-state index contributed by atoms with van der Waals surface area (Å²) in [4.78, 5) is 16.8. The highest BCUT2D eigenvalue weighted by Gasteiger charge is 2.53. The van der Waals surface area contributed by atoms with Gasteiger partial charge in [0, 0.05) is 43.4 Å². The number of halogens is 2. The number of aryl methyl sites for hydroxylation is 1. The highest BCUT2D eigenvalue weighted by Crippen LogP contribution is 2.53. The maximum atomic E-state index is 14.4. The number of nitrogens with zero attached hydrogens (tertiary/aromatic N) is 8. The summed E-state index contributed by atoms with van der Waals surface area (Å²) in [5, 5.41) is 28.3. The van der Waals surface area contributed by atoms with Crippen molar-refractivity contribution in [3.8, 4) is 18.1 Å². The summed E-state index contributed by atoms with van der Waals surface area (Å²) in [6.45, 7) is 4.70. The van der Waals surface area contributed by atoms with Crippen molar-refractivity contribution >= 4 is 39.6 Å². The molecule has 3 aromatic rings. The van der Waals surface area contributed by atoms with E-state index in [2.05, 4.69) is 32.1 Å². The third-order valence-electron chi connectivity index (χ3n) is 9.91. The van der Waals surface area contributed by atoms with Gasteiger partial charge in [0.05, 0.1) is 34.1 Å². The summed E-state index contributed by atoms with van der Waals surface area (Å²) in [6, 6.07) is 4.52. The van der Waals surface area contributed by atoms with Crippen LogP contribution in [0.5, 0.6) is 6.01 Å². The Morgan fingerprint density at radius 2 is 2.09 bits per heavy atom. The third-order valence-corrected chi connectivity index (χ3v) is 11.3. The van der Waals surface area contributed by atoms with E-state index in [1.807, 2.05) is 18.9 Å². The van der Waals surface area contributed by atoms with Gasteiger partial charge in [0.25, 0.3) is 0 Å². The molecule has 6 heterocycles. The van der Waals surface area contributed by atoms with Gasteiger partial charge in [0.2, 0.25) is 0 Å². The van der Waals surface area contributed by atoms with Gasteiger partial charge in [-0.3, -0.25) is 10.00 Å². The number of nitrogen functional groups attached to an aromatic ring is 1. The molecule has 0 saturated carbocycles. The minimum absolute atomic E-state index is 0.146. The summed E-state index contributed by atoms with van der Waals surface area (Å²) < 4.78 is 20.7. The number of hydrogen-bond acceptors (Lipinski definition) is 11. The van der Waals surface area contributed by atoms with E-state index >= 15 is 0 Å². The number of aromatic nitrogens is 4. The van der Waals surface area contributed by atoms with Crippen LogP contribution < -0.4 is 20.3 Å². The van der Waals surface area contributed by atoms with Crippen LogP contribution in [0.25, 0.3) is 0 Å². The number of aromatic amines is 1. The number of ether oxygens (including phenoxy) is 1. The normalized spacial score (nSPS) is 24.3. The van der Waals surface area contributed by atoms with Crippen LogP contribution in [0.3, 0.4) is 0 Å². The predicted octanol–water partition coefficient (Wildman–Crippen LogP) is 4.10. The van der Waals surface area contributed by atoms with Crippen LogP contribution in [0, 0.1) is 22.7 Å². The summed E-state index contributed by atoms with van der Waals surface area (Å²) in [5.74, 6) is 0.885. The van der Waals surface area contributed by atoms with Crippen LogP contribution in [-0.2, 0) is 11.8 Å². The summed E-state index contributed by atoms with van der Waals surface area (Å²) in [7, 11) is 1.84. The van der Waals surface area contributed by atoms with Gasteiger partial charge in [-0.2, -0.15) is 25.6 Å². The zero-order valence-corrected chi connectivity index (χ0v) is 25.6. The first-order chi connectivity index (χ1) is 20.7. The molecule has 3 aromatic heterocycles. The Morgan fingerprint density at radius 1 is 1.30 bits per heavy atom. The van der Waals surface area contributed by atoms with Gasteiger partial charge in [-0.25, -0.2) is 4.39 Å². The highest BCUT2D eigenvalue weighted by atomic mass is 35.5. The summed E-state index contributed by atoms with van der Waals surface area (Å²) >= 11 is 7.89. The lowest BCUT2D eigenvalue weighted by atomic mass is 9.74. The van der Waals surface area contributed by atoms with Crippen LogP contribution in [0.15, 0.2) is 6.20 Å². The Morgan fingerprint density at radius 3 is 2.81 bits per heavy atom. The number of fused-ring (bicyclic) bond motifs is 3. The lowest BCUT2D eigenvalue weighted by Crippen LogP contribution is -2.59. The number of anilines is 3. The van der Waals surface area contributed by atoms with Crippen molar-refractivity contribution in [2.75, 3.05) is 55.4 Å². The van der Waals surface area contributed by atoms with Gasteiger partial charge in [0.15, 0.2) is 11.6 Å². The van der Waals surface area contributed by atoms with Crippen molar-refractivity contribution < 1.29 is 9.13 Å². The number of nitriles is 2. The third kappa shape index (κ3) is 4.32. The van der Waals surface area contributed by atoms with Crippen molar-refractivity contribution in [2.45, 2.75) is 62.2 Å². The minimum atomic E-state index is -0.874. The maximum Gasteiger partial charge on any atom is 0.320 e. The lowest BCUT2D eigenvalue weighted by Gasteiger charge is -2.49. The molecule has 14 heteroatoms. The molecule has 1 spiro atoms. The number of H-pyrrole nitrogens is 1. The van der Waals surface area contributed by atoms with E-state index in [4.69, 9.17) is 32.0 Å². The zero-order valence-electron chi connectivity index (χ0n) is 24.0. The van der Waals surface area contributed by atoms with E-state index in [-0.39, 0.29) is 29.6 Å². The molecule has 4 aliphatic rings. The second-order valence-corrected chi connectivity index (χ2v) is 13.9. The average Bonchev–Trinajstić information content (AvgIpc) is 3.77. The Balaban J connectivity index is 1.24. The number of nitrogens with two attached hydrogens (primary N) is 1. The molecule has 3 saturated heterocycles. The molecule has 1 unspecified atom stereocenters. The Kier molecular flexibility index (Phi) is 6.69. The molecule has 7 rings (SSSR count). The Hall–Kier alpha value is -3.65. The van der Waals surface area contributed by atoms with Crippen molar-refractivity contribution in [1.82, 2.24) is 25.1 Å². The summed E-state index contributed by atoms with van der Waals surface area (Å²) in [5.41, 5.74) is 8.26. The Labute approximate surface area is 258 Å². The quantitative estimate of drug-likeness (QED) is 0.395. The van der Waals surface area contributed by atoms with E-state index in [1.54, 1.807) is 6.20 Å². The second-order valence-electron chi connectivity index (χ2n) is 12.3. The lowest BCUT2D eigenvalue weighted by molar-refractivity contribution is 0.107. The van der Waals surface area contributed by atoms with Gasteiger partial charge >= 0.3 is 6.01 Å². The zero-order chi connectivity index (χ0) is 30.1. The molecule has 3 aliphatic heterocycles. The molecule has 0 radical (unpaired) electrons. The van der Waals surface area contributed by atoms with E-state index < -0.39 is 6.17 Å². The molecule has 0 bridgehead atoms. The van der Waals surface area contributed by atoms with Crippen LogP contribution in [0.4, 0.5) is 21.0 Å². The van der Waals surface area contributed by atoms with Crippen molar-refractivity contribution in [2.24, 2.45) is 0 Å². The maximum absolute atomic E-state index is 14.4. The van der Waals surface area contributed by atoms with Crippen LogP contribution in [-0.4, -0.2) is 76.6 Å². The average molecular weight is 623 g/mol. The first kappa shape index (κ1) is 28.1. The topological polar surface area (TPSA) is 147 Å². The molecule has 224 valence electrons. The fourth-order valence-electron chi connectivity index (χ4n) is 7.64. The monoisotopic (exact) mass is 622 g/mol. The van der Waals surface area contributed by atoms with Crippen LogP contribution >= 0.6 is 22.9 Å². The minimum Gasteiger partial charge on any atom is -0.461 e. The Bertz CT molecular complexity index is 1670. The highest BCUT2D eigenvalue weighted by molar-refractivity contribution is 7.16. The van der Waals surface area contributed by atoms with Crippen molar-refractivity contribution in [3.63, 3.8) is 0 Å². The van der Waals surface area contributed by atoms with Gasteiger partial charge in [0.1, 0.15) is 35.5 Å². The summed E-state index contributed by atoms with van der Waals surface area (Å²) in [6.07, 6.45) is 4.76. The molecule has 0 aromatic carbocycles. The van der Waals surface area contributed by atoms with Gasteiger partial charge in [-0.1, -0.05) is 11.6 Å². The standard InChI is InChI=1S/C29H32ClFN10OS/c1-16(23-20(30)11-35-38-23)39(2)25-19(10-33)26(37-27(36-25)42-15-29-5-3-7-41(29)12-17(31)8-29)40-13-28(14-40)6-4-21-22(28)18(9-32)24(34)43-21/h11,16-17H,3-8,12-15,34H2,1-2H3,(H,35,38)/t16?,17-,29+/m1/s1. The molecular formula is C29H32ClFN10OS. The largest absolute Gasteiger partial charge is 0.461 e. The van der Waals surface area contributed by atoms with E-state index in [0.29, 0.717) is 64.5 Å². The van der Waals surface area contributed by atoms with Gasteiger partial charge in [-0.15, -0.1) is 11.3 Å². The molecule has 3 atom stereocenters. The van der Waals surface area contributed by atoms with E-state index in [0.717, 1.165) is 37.8 Å².